The van der Waals surface area contributed by atoms with Crippen molar-refractivity contribution < 1.29 is 0 Å². The molecule has 0 aliphatic heterocycles. The Hall–Kier alpha value is 1.70. The summed E-state index contributed by atoms with van der Waals surface area (Å²) in [5.41, 5.74) is 0. The average molecular weight is 645 g/mol. The first-order chi connectivity index (χ1) is 17.4. The summed E-state index contributed by atoms with van der Waals surface area (Å²) >= 11 is 26.3. The molecule has 0 aliphatic carbocycles. The number of hydrogen-bond acceptors (Lipinski definition) is 1. The molecule has 226 valence electrons. The SMILES string of the molecule is CCCCCCCCN(C)P(=NP(Cl)(Cl)(Cl)Cl)(N(C)CCCCCCCC)N(C)CCCCCCCC. The Balaban J connectivity index is 5.74. The van der Waals surface area contributed by atoms with Crippen LogP contribution < -0.4 is 0 Å². The van der Waals surface area contributed by atoms with Crippen molar-refractivity contribution in [2.24, 2.45) is 4.52 Å². The van der Waals surface area contributed by atoms with E-state index < -0.39 is 11.7 Å². The van der Waals surface area contributed by atoms with E-state index in [1.807, 2.05) is 0 Å². The van der Waals surface area contributed by atoms with Gasteiger partial charge in [0.05, 0.1) is 0 Å². The molecule has 0 bridgehead atoms. The molecule has 0 amide bonds. The number of nitrogens with zero attached hydrogens (tertiary/aromatic N) is 4. The molecule has 0 saturated heterocycles. The van der Waals surface area contributed by atoms with Gasteiger partial charge in [-0.1, -0.05) is 0 Å². The van der Waals surface area contributed by atoms with Crippen LogP contribution in [0.4, 0.5) is 0 Å². The van der Waals surface area contributed by atoms with Gasteiger partial charge in [-0.2, -0.15) is 0 Å². The van der Waals surface area contributed by atoms with Crippen LogP contribution in [0.15, 0.2) is 4.52 Å². The molecular weight excluding hydrogens is 584 g/mol. The van der Waals surface area contributed by atoms with Gasteiger partial charge in [-0.05, 0) is 0 Å². The van der Waals surface area contributed by atoms with Gasteiger partial charge in [-0.3, -0.25) is 0 Å². The number of rotatable bonds is 25. The van der Waals surface area contributed by atoms with Gasteiger partial charge >= 0.3 is 252 Å². The summed E-state index contributed by atoms with van der Waals surface area (Å²) in [6.45, 7) is 9.57. The third-order valence-electron chi connectivity index (χ3n) is 7.14. The van der Waals surface area contributed by atoms with Crippen molar-refractivity contribution in [1.82, 2.24) is 14.0 Å². The van der Waals surface area contributed by atoms with Crippen LogP contribution in [-0.2, 0) is 0 Å². The van der Waals surface area contributed by atoms with Crippen molar-refractivity contribution in [3.63, 3.8) is 0 Å². The van der Waals surface area contributed by atoms with Crippen LogP contribution in [0.1, 0.15) is 136 Å². The molecule has 37 heavy (non-hydrogen) atoms. The quantitative estimate of drug-likeness (QED) is 0.0729. The summed E-state index contributed by atoms with van der Waals surface area (Å²) in [5.74, 6) is 0. The summed E-state index contributed by atoms with van der Waals surface area (Å²) in [5, 5.41) is 0. The average Bonchev–Trinajstić information content (AvgIpc) is 2.82. The molecule has 10 heteroatoms. The van der Waals surface area contributed by atoms with E-state index in [2.05, 4.69) is 55.9 Å². The zero-order chi connectivity index (χ0) is 28.2. The van der Waals surface area contributed by atoms with Gasteiger partial charge in [0, 0.05) is 0 Å². The molecule has 0 aromatic carbocycles. The normalized spacial score (nSPS) is 14.0. The molecule has 0 spiro atoms. The van der Waals surface area contributed by atoms with Gasteiger partial charge in [-0.25, -0.2) is 0 Å². The first kappa shape index (κ1) is 38.7. The Morgan fingerprint density at radius 1 is 0.459 bits per heavy atom. The molecule has 0 aromatic heterocycles. The molecule has 0 N–H and O–H groups in total. The van der Waals surface area contributed by atoms with Gasteiger partial charge in [0.2, 0.25) is 0 Å². The molecule has 0 radical (unpaired) electrons. The molecule has 0 fully saturated rings. The Morgan fingerprint density at radius 2 is 0.703 bits per heavy atom. The molecule has 0 heterocycles. The number of unbranched alkanes of at least 4 members (excludes halogenated alkanes) is 15. The van der Waals surface area contributed by atoms with Crippen molar-refractivity contribution in [1.29, 1.82) is 0 Å². The van der Waals surface area contributed by atoms with Gasteiger partial charge < -0.3 is 0 Å². The van der Waals surface area contributed by atoms with Crippen LogP contribution in [0.2, 0.25) is 0 Å². The zero-order valence-electron chi connectivity index (χ0n) is 25.0. The Kier molecular flexibility index (Phi) is 22.4. The van der Waals surface area contributed by atoms with E-state index in [-0.39, 0.29) is 0 Å². The molecular formula is C27H60Cl4N4P2. The second-order valence-electron chi connectivity index (χ2n) is 10.8. The summed E-state index contributed by atoms with van der Waals surface area (Å²) in [6.07, 6.45) is 22.5. The first-order valence-electron chi connectivity index (χ1n) is 15.1. The molecule has 0 rings (SSSR count). The van der Waals surface area contributed by atoms with Crippen LogP contribution >= 0.6 is 56.6 Å². The van der Waals surface area contributed by atoms with Crippen LogP contribution in [0.5, 0.6) is 0 Å². The van der Waals surface area contributed by atoms with Crippen LogP contribution in [-0.4, -0.2) is 54.8 Å². The fourth-order valence-corrected chi connectivity index (χ4v) is 14.1. The predicted octanol–water partition coefficient (Wildman–Crippen LogP) is 12.9. The third-order valence-corrected chi connectivity index (χ3v) is 15.0. The van der Waals surface area contributed by atoms with Crippen molar-refractivity contribution >= 4 is 56.6 Å². The molecule has 0 unspecified atom stereocenters. The third kappa shape index (κ3) is 18.7. The van der Waals surface area contributed by atoms with Gasteiger partial charge in [0.15, 0.2) is 0 Å². The van der Waals surface area contributed by atoms with E-state index in [0.717, 1.165) is 38.9 Å². The van der Waals surface area contributed by atoms with E-state index in [4.69, 9.17) is 49.5 Å². The van der Waals surface area contributed by atoms with E-state index in [9.17, 15) is 0 Å². The number of hydrogen-bond donors (Lipinski definition) is 0. The molecule has 4 nitrogen and oxygen atoms in total. The minimum absolute atomic E-state index is 0.930. The van der Waals surface area contributed by atoms with E-state index in [0.29, 0.717) is 0 Å². The Bertz CT molecular complexity index is 546. The predicted molar refractivity (Wildman–Crippen MR) is 178 cm³/mol. The topological polar surface area (TPSA) is 22.1 Å². The summed E-state index contributed by atoms with van der Waals surface area (Å²) in [7, 11) is 4.02. The fourth-order valence-electron chi connectivity index (χ4n) is 4.93. The van der Waals surface area contributed by atoms with Crippen molar-refractivity contribution in [2.75, 3.05) is 40.8 Å². The van der Waals surface area contributed by atoms with Crippen LogP contribution in [0, 0.1) is 0 Å². The summed E-state index contributed by atoms with van der Waals surface area (Å²) in [4.78, 5) is 0. The van der Waals surface area contributed by atoms with Crippen molar-refractivity contribution in [2.45, 2.75) is 136 Å². The van der Waals surface area contributed by atoms with E-state index in [1.54, 1.807) is 0 Å². The van der Waals surface area contributed by atoms with Gasteiger partial charge in [0.1, 0.15) is 0 Å². The monoisotopic (exact) mass is 642 g/mol. The number of halogens is 4. The van der Waals surface area contributed by atoms with Crippen LogP contribution in [0.3, 0.4) is 0 Å². The van der Waals surface area contributed by atoms with Crippen molar-refractivity contribution in [3.8, 4) is 0 Å². The maximum absolute atomic E-state index is 6.57. The van der Waals surface area contributed by atoms with Gasteiger partial charge in [0.25, 0.3) is 0 Å². The second kappa shape index (κ2) is 21.4. The zero-order valence-corrected chi connectivity index (χ0v) is 29.9. The van der Waals surface area contributed by atoms with Gasteiger partial charge in [-0.15, -0.1) is 0 Å². The molecule has 0 atom stereocenters. The van der Waals surface area contributed by atoms with Crippen LogP contribution in [0.25, 0.3) is 0 Å². The van der Waals surface area contributed by atoms with E-state index >= 15 is 0 Å². The summed E-state index contributed by atoms with van der Waals surface area (Å²) in [6, 6.07) is 0. The second-order valence-corrected chi connectivity index (χ2v) is 27.0. The molecule has 0 saturated carbocycles. The minimum atomic E-state index is -4.22. The standard InChI is InChI=1S/C27H60Cl4N4P2/c1-7-10-13-16-19-22-25-33(4)36(32-37(28,29,30)31,34(5)26-23-20-17-14-11-8-2)35(6)27-24-21-18-15-12-9-3/h7-27H2,1-6H3. The molecule has 0 aromatic rings. The Morgan fingerprint density at radius 3 is 0.946 bits per heavy atom. The first-order valence-corrected chi connectivity index (χ1v) is 22.5. The maximum atomic E-state index is 6.57. The van der Waals surface area contributed by atoms with E-state index in [1.165, 1.54) is 96.3 Å². The fraction of sp³-hybridized carbons (Fsp3) is 1.00. The Labute approximate surface area is 251 Å². The summed E-state index contributed by atoms with van der Waals surface area (Å²) < 4.78 is 7.98. The van der Waals surface area contributed by atoms with Crippen molar-refractivity contribution in [3.05, 3.63) is 0 Å². The molecule has 0 aliphatic rings.